The number of nitrogens with zero attached hydrogens (tertiary/aromatic N) is 1. The fourth-order valence-electron chi connectivity index (χ4n) is 3.17. The van der Waals surface area contributed by atoms with Gasteiger partial charge in [-0.1, -0.05) is 30.3 Å². The Hall–Kier alpha value is -3.43. The quantitative estimate of drug-likeness (QED) is 0.656. The van der Waals surface area contributed by atoms with Crippen LogP contribution in [0.3, 0.4) is 0 Å². The molecule has 0 saturated carbocycles. The van der Waals surface area contributed by atoms with Crippen LogP contribution in [0.5, 0.6) is 5.75 Å². The zero-order chi connectivity index (χ0) is 21.2. The smallest absolute Gasteiger partial charge is 0.471 e. The number of rotatable bonds is 5. The number of ether oxygens (including phenoxy) is 1. The van der Waals surface area contributed by atoms with Gasteiger partial charge < -0.3 is 26.4 Å². The zero-order valence-corrected chi connectivity index (χ0v) is 15.1. The van der Waals surface area contributed by atoms with E-state index in [4.69, 9.17) is 16.2 Å². The van der Waals surface area contributed by atoms with Crippen molar-refractivity contribution >= 4 is 23.2 Å². The summed E-state index contributed by atoms with van der Waals surface area (Å²) in [4.78, 5) is 23.5. The Bertz CT molecular complexity index is 905. The van der Waals surface area contributed by atoms with E-state index in [1.807, 2.05) is 0 Å². The van der Waals surface area contributed by atoms with Crippen molar-refractivity contribution in [3.8, 4) is 5.75 Å². The van der Waals surface area contributed by atoms with E-state index in [9.17, 15) is 22.8 Å². The van der Waals surface area contributed by atoms with Crippen LogP contribution in [0, 0.1) is 0 Å². The minimum Gasteiger partial charge on any atom is -0.481 e. The standard InChI is InChI=1S/C19H19F3N4O3/c20-19(21,22)18(28)26(10-16(24)27)9-14-17(11-4-2-1-3-5-11)29-15-7-6-12(23)8-13(15)25-14/h1-8,14,17,25H,9-10,23H2,(H2,24,27). The van der Waals surface area contributed by atoms with Crippen LogP contribution in [0.1, 0.15) is 11.7 Å². The Morgan fingerprint density at radius 1 is 1.14 bits per heavy atom. The van der Waals surface area contributed by atoms with Gasteiger partial charge in [0.15, 0.2) is 0 Å². The molecule has 10 heteroatoms. The number of nitrogen functional groups attached to an aromatic ring is 1. The molecule has 7 nitrogen and oxygen atoms in total. The maximum absolute atomic E-state index is 13.0. The summed E-state index contributed by atoms with van der Waals surface area (Å²) < 4.78 is 45.0. The summed E-state index contributed by atoms with van der Waals surface area (Å²) >= 11 is 0. The van der Waals surface area contributed by atoms with E-state index in [1.54, 1.807) is 48.5 Å². The molecule has 0 spiro atoms. The first kappa shape index (κ1) is 20.3. The molecule has 3 rings (SSSR count). The molecular weight excluding hydrogens is 389 g/mol. The molecule has 5 N–H and O–H groups in total. The van der Waals surface area contributed by atoms with Crippen molar-refractivity contribution in [3.63, 3.8) is 0 Å². The van der Waals surface area contributed by atoms with Gasteiger partial charge >= 0.3 is 12.1 Å². The number of amides is 2. The van der Waals surface area contributed by atoms with Crippen LogP contribution in [0.25, 0.3) is 0 Å². The Labute approximate surface area is 164 Å². The van der Waals surface area contributed by atoms with Gasteiger partial charge in [0.05, 0.1) is 18.3 Å². The first-order valence-corrected chi connectivity index (χ1v) is 8.67. The largest absolute Gasteiger partial charge is 0.481 e. The fourth-order valence-corrected chi connectivity index (χ4v) is 3.17. The number of alkyl halides is 3. The van der Waals surface area contributed by atoms with Crippen LogP contribution >= 0.6 is 0 Å². The second-order valence-electron chi connectivity index (χ2n) is 6.61. The van der Waals surface area contributed by atoms with Gasteiger partial charge in [-0.25, -0.2) is 0 Å². The summed E-state index contributed by atoms with van der Waals surface area (Å²) in [6, 6.07) is 12.9. The summed E-state index contributed by atoms with van der Waals surface area (Å²) in [5.41, 5.74) is 12.4. The molecule has 0 aromatic heterocycles. The van der Waals surface area contributed by atoms with E-state index < -0.39 is 43.2 Å². The molecule has 2 unspecified atom stereocenters. The Morgan fingerprint density at radius 3 is 2.45 bits per heavy atom. The summed E-state index contributed by atoms with van der Waals surface area (Å²) in [5, 5.41) is 3.08. The van der Waals surface area contributed by atoms with Crippen LogP contribution in [0.2, 0.25) is 0 Å². The normalized spacial score (nSPS) is 18.2. The molecule has 0 bridgehead atoms. The van der Waals surface area contributed by atoms with Crippen LogP contribution in [-0.2, 0) is 9.59 Å². The number of halogens is 3. The van der Waals surface area contributed by atoms with Crippen molar-refractivity contribution in [2.75, 3.05) is 24.1 Å². The number of hydrogen-bond acceptors (Lipinski definition) is 5. The monoisotopic (exact) mass is 408 g/mol. The number of benzene rings is 2. The summed E-state index contributed by atoms with van der Waals surface area (Å²) in [5.74, 6) is -2.74. The number of primary amides is 1. The average molecular weight is 408 g/mol. The summed E-state index contributed by atoms with van der Waals surface area (Å²) in [6.45, 7) is -1.34. The SMILES string of the molecule is NC(=O)CN(CC1Nc2cc(N)ccc2OC1c1ccccc1)C(=O)C(F)(F)F. The molecule has 154 valence electrons. The van der Waals surface area contributed by atoms with Crippen LogP contribution < -0.4 is 21.5 Å². The number of carbonyl (C=O) groups is 2. The first-order chi connectivity index (χ1) is 13.6. The minimum atomic E-state index is -5.14. The van der Waals surface area contributed by atoms with E-state index in [1.165, 1.54) is 0 Å². The van der Waals surface area contributed by atoms with Gasteiger partial charge in [-0.15, -0.1) is 0 Å². The van der Waals surface area contributed by atoms with E-state index >= 15 is 0 Å². The highest BCUT2D eigenvalue weighted by Crippen LogP contribution is 2.39. The third-order valence-corrected chi connectivity index (χ3v) is 4.39. The van der Waals surface area contributed by atoms with Gasteiger partial charge in [-0.3, -0.25) is 9.59 Å². The highest BCUT2D eigenvalue weighted by molar-refractivity contribution is 5.87. The maximum atomic E-state index is 13.0. The van der Waals surface area contributed by atoms with E-state index in [0.717, 1.165) is 0 Å². The number of hydrogen-bond donors (Lipinski definition) is 3. The molecule has 0 fully saturated rings. The van der Waals surface area contributed by atoms with Crippen LogP contribution in [-0.4, -0.2) is 42.0 Å². The second kappa shape index (κ2) is 7.90. The topological polar surface area (TPSA) is 111 Å². The fraction of sp³-hybridized carbons (Fsp3) is 0.263. The first-order valence-electron chi connectivity index (χ1n) is 8.67. The highest BCUT2D eigenvalue weighted by Gasteiger charge is 2.44. The molecule has 1 aliphatic rings. The van der Waals surface area contributed by atoms with Gasteiger partial charge in [0, 0.05) is 12.2 Å². The van der Waals surface area contributed by atoms with Crippen molar-refractivity contribution < 1.29 is 27.5 Å². The van der Waals surface area contributed by atoms with E-state index in [-0.39, 0.29) is 0 Å². The van der Waals surface area contributed by atoms with Crippen molar-refractivity contribution in [1.82, 2.24) is 4.90 Å². The molecular formula is C19H19F3N4O3. The van der Waals surface area contributed by atoms with Crippen molar-refractivity contribution in [1.29, 1.82) is 0 Å². The Kier molecular flexibility index (Phi) is 5.53. The van der Waals surface area contributed by atoms with Crippen LogP contribution in [0.4, 0.5) is 24.5 Å². The van der Waals surface area contributed by atoms with E-state index in [0.29, 0.717) is 27.6 Å². The van der Waals surface area contributed by atoms with Crippen molar-refractivity contribution in [3.05, 3.63) is 54.1 Å². The lowest BCUT2D eigenvalue weighted by Crippen LogP contribution is -2.52. The number of nitrogens with two attached hydrogens (primary N) is 2. The lowest BCUT2D eigenvalue weighted by Gasteiger charge is -2.38. The number of fused-ring (bicyclic) bond motifs is 1. The van der Waals surface area contributed by atoms with Gasteiger partial charge in [-0.2, -0.15) is 13.2 Å². The van der Waals surface area contributed by atoms with Gasteiger partial charge in [-0.05, 0) is 23.8 Å². The molecule has 29 heavy (non-hydrogen) atoms. The lowest BCUT2D eigenvalue weighted by atomic mass is 9.99. The summed E-state index contributed by atoms with van der Waals surface area (Å²) in [7, 11) is 0. The predicted octanol–water partition coefficient (Wildman–Crippen LogP) is 2.06. The second-order valence-corrected chi connectivity index (χ2v) is 6.61. The third kappa shape index (κ3) is 4.71. The molecule has 2 aromatic rings. The minimum absolute atomic E-state index is 0.372. The molecule has 0 saturated heterocycles. The molecule has 0 radical (unpaired) electrons. The Morgan fingerprint density at radius 2 is 1.83 bits per heavy atom. The third-order valence-electron chi connectivity index (χ3n) is 4.39. The molecule has 2 atom stereocenters. The Balaban J connectivity index is 1.95. The van der Waals surface area contributed by atoms with Crippen molar-refractivity contribution in [2.45, 2.75) is 18.3 Å². The number of nitrogens with one attached hydrogen (secondary N) is 1. The van der Waals surface area contributed by atoms with Gasteiger partial charge in [0.25, 0.3) is 0 Å². The van der Waals surface area contributed by atoms with E-state index in [2.05, 4.69) is 5.32 Å². The van der Waals surface area contributed by atoms with Crippen LogP contribution in [0.15, 0.2) is 48.5 Å². The molecule has 0 aliphatic carbocycles. The molecule has 1 aliphatic heterocycles. The predicted molar refractivity (Wildman–Crippen MR) is 99.9 cm³/mol. The molecule has 2 aromatic carbocycles. The van der Waals surface area contributed by atoms with Gasteiger partial charge in [0.2, 0.25) is 5.91 Å². The molecule has 1 heterocycles. The lowest BCUT2D eigenvalue weighted by molar-refractivity contribution is -0.186. The van der Waals surface area contributed by atoms with Gasteiger partial charge in [0.1, 0.15) is 11.9 Å². The summed E-state index contributed by atoms with van der Waals surface area (Å²) in [6.07, 6.45) is -5.86. The number of carbonyl (C=O) groups excluding carboxylic acids is 2. The maximum Gasteiger partial charge on any atom is 0.471 e. The highest BCUT2D eigenvalue weighted by atomic mass is 19.4. The zero-order valence-electron chi connectivity index (χ0n) is 15.1. The average Bonchev–Trinajstić information content (AvgIpc) is 2.66. The molecule has 2 amide bonds. The van der Waals surface area contributed by atoms with Crippen molar-refractivity contribution in [2.24, 2.45) is 5.73 Å². The number of anilines is 2.